The first-order valence-corrected chi connectivity index (χ1v) is 9.29. The summed E-state index contributed by atoms with van der Waals surface area (Å²) in [5.41, 5.74) is 7.69. The molecule has 3 aromatic rings. The van der Waals surface area contributed by atoms with E-state index in [-0.39, 0.29) is 11.7 Å². The van der Waals surface area contributed by atoms with Crippen LogP contribution in [0.2, 0.25) is 0 Å². The Kier molecular flexibility index (Phi) is 4.90. The number of benzene rings is 2. The number of halogens is 1. The number of nitrogen functional groups attached to an aromatic ring is 1. The topological polar surface area (TPSA) is 73.5 Å². The van der Waals surface area contributed by atoms with Gasteiger partial charge < -0.3 is 20.1 Å². The predicted molar refractivity (Wildman–Crippen MR) is 108 cm³/mol. The lowest BCUT2D eigenvalue weighted by atomic mass is 9.89. The molecule has 0 saturated carbocycles. The lowest BCUT2D eigenvalue weighted by Crippen LogP contribution is -2.34. The van der Waals surface area contributed by atoms with Crippen molar-refractivity contribution in [2.75, 3.05) is 37.9 Å². The van der Waals surface area contributed by atoms with Crippen LogP contribution in [-0.2, 0) is 0 Å². The van der Waals surface area contributed by atoms with Gasteiger partial charge in [-0.3, -0.25) is 0 Å². The highest BCUT2D eigenvalue weighted by molar-refractivity contribution is 5.91. The number of aromatic nitrogens is 2. The van der Waals surface area contributed by atoms with Gasteiger partial charge in [0.25, 0.3) is 0 Å². The fraction of sp³-hybridized carbons (Fsp3) is 0.333. The normalized spacial score (nSPS) is 15.0. The third-order valence-corrected chi connectivity index (χ3v) is 5.34. The second-order valence-electron chi connectivity index (χ2n) is 6.92. The quantitative estimate of drug-likeness (QED) is 0.741. The van der Waals surface area contributed by atoms with Crippen molar-refractivity contribution in [2.24, 2.45) is 0 Å². The first-order chi connectivity index (χ1) is 13.6. The van der Waals surface area contributed by atoms with Crippen LogP contribution in [-0.4, -0.2) is 37.3 Å². The van der Waals surface area contributed by atoms with Gasteiger partial charge in [0, 0.05) is 24.5 Å². The average molecular weight is 382 g/mol. The first kappa shape index (κ1) is 18.3. The summed E-state index contributed by atoms with van der Waals surface area (Å²) in [6, 6.07) is 10.6. The lowest BCUT2D eigenvalue weighted by molar-refractivity contribution is 0.356. The summed E-state index contributed by atoms with van der Waals surface area (Å²) in [6.07, 6.45) is 1.68. The van der Waals surface area contributed by atoms with Crippen LogP contribution in [0, 0.1) is 5.82 Å². The molecule has 1 aromatic heterocycles. The van der Waals surface area contributed by atoms with Gasteiger partial charge in [0.1, 0.15) is 11.6 Å². The Morgan fingerprint density at radius 1 is 1.04 bits per heavy atom. The maximum Gasteiger partial charge on any atom is 0.227 e. The summed E-state index contributed by atoms with van der Waals surface area (Å²) in [7, 11) is 3.16. The number of nitrogens with two attached hydrogens (primary N) is 1. The maximum absolute atomic E-state index is 14.1. The molecular weight excluding hydrogens is 359 g/mol. The summed E-state index contributed by atoms with van der Waals surface area (Å²) in [6.45, 7) is 1.49. The average Bonchev–Trinajstić information content (AvgIpc) is 2.73. The second kappa shape index (κ2) is 7.50. The number of piperidine rings is 1. The molecule has 7 heteroatoms. The summed E-state index contributed by atoms with van der Waals surface area (Å²) < 4.78 is 24.8. The monoisotopic (exact) mass is 382 g/mol. The molecule has 2 N–H and O–H groups in total. The number of rotatable bonds is 4. The first-order valence-electron chi connectivity index (χ1n) is 9.29. The van der Waals surface area contributed by atoms with Crippen LogP contribution < -0.4 is 20.1 Å². The summed E-state index contributed by atoms with van der Waals surface area (Å²) in [5.74, 6) is 2.25. The van der Waals surface area contributed by atoms with Crippen LogP contribution in [0.15, 0.2) is 36.4 Å². The van der Waals surface area contributed by atoms with Crippen molar-refractivity contribution in [1.82, 2.24) is 9.97 Å². The molecule has 0 bridgehead atoms. The zero-order valence-corrected chi connectivity index (χ0v) is 16.0. The molecular formula is C21H23FN4O2. The van der Waals surface area contributed by atoms with Gasteiger partial charge in [-0.15, -0.1) is 0 Å². The number of fused-ring (bicyclic) bond motifs is 1. The molecule has 6 nitrogen and oxygen atoms in total. The SMILES string of the molecule is COc1cc2nc(N3CCC(c4ccccc4F)CC3)nc(N)c2cc1OC. The Morgan fingerprint density at radius 2 is 1.71 bits per heavy atom. The standard InChI is InChI=1S/C21H23FN4O2/c1-27-18-11-15-17(12-19(18)28-2)24-21(25-20(15)23)26-9-7-13(8-10-26)14-5-3-4-6-16(14)22/h3-6,11-13H,7-10H2,1-2H3,(H2,23,24,25). The van der Waals surface area contributed by atoms with Crippen LogP contribution in [0.1, 0.15) is 24.3 Å². The second-order valence-corrected chi connectivity index (χ2v) is 6.92. The van der Waals surface area contributed by atoms with Gasteiger partial charge in [0.2, 0.25) is 5.95 Å². The Hall–Kier alpha value is -3.09. The van der Waals surface area contributed by atoms with Crippen molar-refractivity contribution >= 4 is 22.7 Å². The highest BCUT2D eigenvalue weighted by Gasteiger charge is 2.25. The third-order valence-electron chi connectivity index (χ3n) is 5.34. The zero-order chi connectivity index (χ0) is 19.7. The van der Waals surface area contributed by atoms with Crippen LogP contribution in [0.5, 0.6) is 11.5 Å². The van der Waals surface area contributed by atoms with Gasteiger partial charge in [-0.2, -0.15) is 4.98 Å². The molecule has 1 aliphatic heterocycles. The van der Waals surface area contributed by atoms with E-state index < -0.39 is 0 Å². The van der Waals surface area contributed by atoms with Gasteiger partial charge in [-0.25, -0.2) is 9.37 Å². The maximum atomic E-state index is 14.1. The van der Waals surface area contributed by atoms with Crippen LogP contribution >= 0.6 is 0 Å². The fourth-order valence-electron chi connectivity index (χ4n) is 3.80. The number of anilines is 2. The minimum absolute atomic E-state index is 0.131. The van der Waals surface area contributed by atoms with Gasteiger partial charge >= 0.3 is 0 Å². The molecule has 146 valence electrons. The zero-order valence-electron chi connectivity index (χ0n) is 16.0. The van der Waals surface area contributed by atoms with E-state index in [2.05, 4.69) is 14.9 Å². The van der Waals surface area contributed by atoms with E-state index in [9.17, 15) is 4.39 Å². The smallest absolute Gasteiger partial charge is 0.227 e. The number of methoxy groups -OCH3 is 2. The Balaban J connectivity index is 1.59. The summed E-state index contributed by atoms with van der Waals surface area (Å²) in [5, 5.41) is 0.725. The number of hydrogen-bond donors (Lipinski definition) is 1. The van der Waals surface area contributed by atoms with E-state index in [1.54, 1.807) is 26.4 Å². The number of nitrogens with zero attached hydrogens (tertiary/aromatic N) is 3. The molecule has 4 rings (SSSR count). The van der Waals surface area contributed by atoms with E-state index in [1.165, 1.54) is 6.07 Å². The minimum Gasteiger partial charge on any atom is -0.493 e. The molecule has 0 atom stereocenters. The van der Waals surface area contributed by atoms with Crippen molar-refractivity contribution in [3.63, 3.8) is 0 Å². The highest BCUT2D eigenvalue weighted by Crippen LogP contribution is 2.35. The van der Waals surface area contributed by atoms with Crippen LogP contribution in [0.25, 0.3) is 10.9 Å². The summed E-state index contributed by atoms with van der Waals surface area (Å²) >= 11 is 0. The Bertz CT molecular complexity index is 1000. The number of ether oxygens (including phenoxy) is 2. The molecule has 1 aliphatic rings. The molecule has 0 radical (unpaired) electrons. The van der Waals surface area contributed by atoms with Gasteiger partial charge in [-0.1, -0.05) is 18.2 Å². The molecule has 28 heavy (non-hydrogen) atoms. The molecule has 0 amide bonds. The molecule has 2 aromatic carbocycles. The van der Waals surface area contributed by atoms with Crippen molar-refractivity contribution in [3.8, 4) is 11.5 Å². The van der Waals surface area contributed by atoms with Crippen LogP contribution in [0.4, 0.5) is 16.2 Å². The molecule has 2 heterocycles. The van der Waals surface area contributed by atoms with Crippen LogP contribution in [0.3, 0.4) is 0 Å². The molecule has 0 spiro atoms. The van der Waals surface area contributed by atoms with Crippen molar-refractivity contribution in [2.45, 2.75) is 18.8 Å². The number of hydrogen-bond acceptors (Lipinski definition) is 6. The Labute approximate surface area is 163 Å². The third kappa shape index (κ3) is 3.28. The van der Waals surface area contributed by atoms with Gasteiger partial charge in [-0.05, 0) is 36.5 Å². The van der Waals surface area contributed by atoms with Crippen molar-refractivity contribution in [3.05, 3.63) is 47.8 Å². The molecule has 0 unspecified atom stereocenters. The lowest BCUT2D eigenvalue weighted by Gasteiger charge is -2.32. The Morgan fingerprint density at radius 3 is 2.39 bits per heavy atom. The minimum atomic E-state index is -0.131. The van der Waals surface area contributed by atoms with E-state index in [0.717, 1.165) is 36.9 Å². The molecule has 1 fully saturated rings. The van der Waals surface area contributed by atoms with E-state index in [1.807, 2.05) is 18.2 Å². The fourth-order valence-corrected chi connectivity index (χ4v) is 3.80. The van der Waals surface area contributed by atoms with Gasteiger partial charge in [0.05, 0.1) is 19.7 Å². The molecule has 1 saturated heterocycles. The van der Waals surface area contributed by atoms with E-state index in [4.69, 9.17) is 15.2 Å². The van der Waals surface area contributed by atoms with Crippen molar-refractivity contribution < 1.29 is 13.9 Å². The van der Waals surface area contributed by atoms with E-state index >= 15 is 0 Å². The highest BCUT2D eigenvalue weighted by atomic mass is 19.1. The van der Waals surface area contributed by atoms with Crippen molar-refractivity contribution in [1.29, 1.82) is 0 Å². The largest absolute Gasteiger partial charge is 0.493 e. The predicted octanol–water partition coefficient (Wildman–Crippen LogP) is 3.75. The summed E-state index contributed by atoms with van der Waals surface area (Å²) in [4.78, 5) is 11.3. The van der Waals surface area contributed by atoms with E-state index in [0.29, 0.717) is 28.8 Å². The van der Waals surface area contributed by atoms with Gasteiger partial charge in [0.15, 0.2) is 11.5 Å². The molecule has 0 aliphatic carbocycles.